The minimum atomic E-state index is -1.06. The van der Waals surface area contributed by atoms with Crippen LogP contribution in [0.3, 0.4) is 0 Å². The van der Waals surface area contributed by atoms with E-state index in [1.54, 1.807) is 0 Å². The molecule has 0 heterocycles. The van der Waals surface area contributed by atoms with Crippen LogP contribution in [0, 0.1) is 11.8 Å². The van der Waals surface area contributed by atoms with Gasteiger partial charge in [-0.2, -0.15) is 0 Å². The summed E-state index contributed by atoms with van der Waals surface area (Å²) >= 11 is 0. The van der Waals surface area contributed by atoms with Crippen LogP contribution in [0.2, 0.25) is 0 Å². The highest BCUT2D eigenvalue weighted by atomic mass is 16.5. The van der Waals surface area contributed by atoms with Crippen molar-refractivity contribution in [3.05, 3.63) is 59.7 Å². The zero-order valence-electron chi connectivity index (χ0n) is 19.7. The molecule has 2 N–H and O–H groups in total. The average molecular weight is 465 g/mol. The first-order valence-electron chi connectivity index (χ1n) is 12.0. The Kier molecular flexibility index (Phi) is 7.20. The standard InChI is InChI=1S/C27H32N2O5/c1-17(2)13-24(26(32)29(15-25(30)31)14-18-11-12-18)28-27(33)34-16-23-21-9-5-3-7-19(21)20-8-4-6-10-22(20)23/h3-10,17-18,23-24H,11-16H2,1-2H3,(H,28,33)(H,30,31)/t24-/m0/s1. The summed E-state index contributed by atoms with van der Waals surface area (Å²) in [5, 5.41) is 12.0. The van der Waals surface area contributed by atoms with E-state index in [0.717, 1.165) is 35.1 Å². The number of hydrogen-bond acceptors (Lipinski definition) is 4. The Balaban J connectivity index is 1.43. The van der Waals surface area contributed by atoms with E-state index in [1.807, 2.05) is 50.2 Å². The lowest BCUT2D eigenvalue weighted by Crippen LogP contribution is -2.51. The Morgan fingerprint density at radius 3 is 2.15 bits per heavy atom. The van der Waals surface area contributed by atoms with Crippen LogP contribution in [-0.4, -0.2) is 53.7 Å². The van der Waals surface area contributed by atoms with E-state index in [0.29, 0.717) is 18.9 Å². The second-order valence-corrected chi connectivity index (χ2v) is 9.71. The molecule has 0 aromatic heterocycles. The van der Waals surface area contributed by atoms with Gasteiger partial charge in [-0.25, -0.2) is 4.79 Å². The molecule has 0 radical (unpaired) electrons. The molecule has 4 rings (SSSR count). The summed E-state index contributed by atoms with van der Waals surface area (Å²) in [4.78, 5) is 38.7. The van der Waals surface area contributed by atoms with Crippen LogP contribution in [0.25, 0.3) is 11.1 Å². The largest absolute Gasteiger partial charge is 0.480 e. The molecular weight excluding hydrogens is 432 g/mol. The third-order valence-corrected chi connectivity index (χ3v) is 6.45. The van der Waals surface area contributed by atoms with Gasteiger partial charge >= 0.3 is 12.1 Å². The smallest absolute Gasteiger partial charge is 0.407 e. The van der Waals surface area contributed by atoms with Gasteiger partial charge in [0.1, 0.15) is 19.2 Å². The lowest BCUT2D eigenvalue weighted by molar-refractivity contribution is -0.145. The summed E-state index contributed by atoms with van der Waals surface area (Å²) in [6.45, 7) is 4.12. The van der Waals surface area contributed by atoms with E-state index in [1.165, 1.54) is 4.90 Å². The number of aliphatic carboxylic acids is 1. The predicted octanol–water partition coefficient (Wildman–Crippen LogP) is 4.26. The zero-order chi connectivity index (χ0) is 24.2. The minimum absolute atomic E-state index is 0.0734. The van der Waals surface area contributed by atoms with Gasteiger partial charge in [0, 0.05) is 12.5 Å². The highest BCUT2D eigenvalue weighted by molar-refractivity contribution is 5.88. The Morgan fingerprint density at radius 2 is 1.62 bits per heavy atom. The molecule has 1 fully saturated rings. The molecule has 0 unspecified atom stereocenters. The van der Waals surface area contributed by atoms with Gasteiger partial charge < -0.3 is 20.1 Å². The van der Waals surface area contributed by atoms with E-state index >= 15 is 0 Å². The molecule has 0 spiro atoms. The van der Waals surface area contributed by atoms with E-state index in [-0.39, 0.29) is 30.9 Å². The number of carboxylic acid groups (broad SMARTS) is 1. The third kappa shape index (κ3) is 5.58. The second kappa shape index (κ2) is 10.3. The Morgan fingerprint density at radius 1 is 1.03 bits per heavy atom. The molecule has 2 aromatic carbocycles. The van der Waals surface area contributed by atoms with Crippen molar-refractivity contribution >= 4 is 18.0 Å². The van der Waals surface area contributed by atoms with E-state index in [2.05, 4.69) is 17.4 Å². The van der Waals surface area contributed by atoms with Crippen LogP contribution in [0.4, 0.5) is 4.79 Å². The molecule has 1 saturated carbocycles. The Labute approximate surface area is 200 Å². The molecule has 180 valence electrons. The van der Waals surface area contributed by atoms with Crippen molar-refractivity contribution in [3.8, 4) is 11.1 Å². The molecule has 7 nitrogen and oxygen atoms in total. The fraction of sp³-hybridized carbons (Fsp3) is 0.444. The number of ether oxygens (including phenoxy) is 1. The van der Waals surface area contributed by atoms with Crippen molar-refractivity contribution in [2.24, 2.45) is 11.8 Å². The van der Waals surface area contributed by atoms with Crippen molar-refractivity contribution in [1.29, 1.82) is 0 Å². The topological polar surface area (TPSA) is 95.9 Å². The predicted molar refractivity (Wildman–Crippen MR) is 128 cm³/mol. The first-order valence-corrected chi connectivity index (χ1v) is 12.0. The van der Waals surface area contributed by atoms with Gasteiger partial charge in [-0.1, -0.05) is 62.4 Å². The maximum atomic E-state index is 13.2. The van der Waals surface area contributed by atoms with Crippen molar-refractivity contribution < 1.29 is 24.2 Å². The number of rotatable bonds is 10. The summed E-state index contributed by atoms with van der Waals surface area (Å²) in [5.41, 5.74) is 4.51. The van der Waals surface area contributed by atoms with E-state index in [9.17, 15) is 19.5 Å². The molecule has 0 bridgehead atoms. The monoisotopic (exact) mass is 464 g/mol. The maximum absolute atomic E-state index is 13.2. The molecule has 0 aliphatic heterocycles. The van der Waals surface area contributed by atoms with E-state index in [4.69, 9.17) is 4.74 Å². The third-order valence-electron chi connectivity index (χ3n) is 6.45. The summed E-state index contributed by atoms with van der Waals surface area (Å²) in [6, 6.07) is 15.4. The number of carbonyl (C=O) groups excluding carboxylic acids is 2. The zero-order valence-corrected chi connectivity index (χ0v) is 19.7. The molecule has 0 saturated heterocycles. The fourth-order valence-corrected chi connectivity index (χ4v) is 4.70. The maximum Gasteiger partial charge on any atom is 0.407 e. The van der Waals surface area contributed by atoms with Gasteiger partial charge in [0.15, 0.2) is 0 Å². The van der Waals surface area contributed by atoms with Crippen LogP contribution in [0.15, 0.2) is 48.5 Å². The Bertz CT molecular complexity index is 1020. The van der Waals surface area contributed by atoms with Crippen molar-refractivity contribution in [1.82, 2.24) is 10.2 Å². The molecule has 2 aliphatic rings. The fourth-order valence-electron chi connectivity index (χ4n) is 4.70. The Hall–Kier alpha value is -3.35. The summed E-state index contributed by atoms with van der Waals surface area (Å²) in [5.74, 6) is -1.02. The molecule has 7 heteroatoms. The van der Waals surface area contributed by atoms with Crippen molar-refractivity contribution in [2.75, 3.05) is 19.7 Å². The summed E-state index contributed by atoms with van der Waals surface area (Å²) in [7, 11) is 0. The first kappa shape index (κ1) is 23.8. The van der Waals surface area contributed by atoms with Crippen LogP contribution >= 0.6 is 0 Å². The number of amides is 2. The van der Waals surface area contributed by atoms with Gasteiger partial charge in [-0.05, 0) is 53.4 Å². The summed E-state index contributed by atoms with van der Waals surface area (Å²) < 4.78 is 5.62. The molecule has 34 heavy (non-hydrogen) atoms. The SMILES string of the molecule is CC(C)C[C@H](NC(=O)OCC1c2ccccc2-c2ccccc21)C(=O)N(CC(=O)O)CC1CC1. The van der Waals surface area contributed by atoms with Crippen LogP contribution in [0.1, 0.15) is 50.2 Å². The second-order valence-electron chi connectivity index (χ2n) is 9.71. The number of fused-ring (bicyclic) bond motifs is 3. The lowest BCUT2D eigenvalue weighted by Gasteiger charge is -2.27. The lowest BCUT2D eigenvalue weighted by atomic mass is 9.98. The number of hydrogen-bond donors (Lipinski definition) is 2. The van der Waals surface area contributed by atoms with Gasteiger partial charge in [0.2, 0.25) is 5.91 Å². The van der Waals surface area contributed by atoms with Crippen molar-refractivity contribution in [3.63, 3.8) is 0 Å². The number of nitrogens with zero attached hydrogens (tertiary/aromatic N) is 1. The van der Waals surface area contributed by atoms with Crippen LogP contribution < -0.4 is 5.32 Å². The van der Waals surface area contributed by atoms with Gasteiger partial charge in [0.25, 0.3) is 0 Å². The number of benzene rings is 2. The quantitative estimate of drug-likeness (QED) is 0.548. The van der Waals surface area contributed by atoms with E-state index < -0.39 is 18.1 Å². The van der Waals surface area contributed by atoms with Gasteiger partial charge in [0.05, 0.1) is 0 Å². The molecule has 2 aliphatic carbocycles. The number of alkyl carbamates (subject to hydrolysis) is 1. The number of carbonyl (C=O) groups is 3. The van der Waals surface area contributed by atoms with Crippen molar-refractivity contribution in [2.45, 2.75) is 45.1 Å². The normalized spacial score (nSPS) is 15.4. The first-order chi connectivity index (χ1) is 16.3. The molecule has 1 atom stereocenters. The van der Waals surface area contributed by atoms with Crippen LogP contribution in [0.5, 0.6) is 0 Å². The number of carboxylic acids is 1. The highest BCUT2D eigenvalue weighted by Gasteiger charge is 2.34. The molecule has 2 amide bonds. The van der Waals surface area contributed by atoms with Crippen LogP contribution in [-0.2, 0) is 14.3 Å². The van der Waals surface area contributed by atoms with Gasteiger partial charge in [-0.15, -0.1) is 0 Å². The number of nitrogens with one attached hydrogen (secondary N) is 1. The highest BCUT2D eigenvalue weighted by Crippen LogP contribution is 2.44. The average Bonchev–Trinajstić information content (AvgIpc) is 3.56. The molecule has 2 aromatic rings. The molecular formula is C27H32N2O5. The summed E-state index contributed by atoms with van der Waals surface area (Å²) in [6.07, 6.45) is 1.74. The minimum Gasteiger partial charge on any atom is -0.480 e. The van der Waals surface area contributed by atoms with Gasteiger partial charge in [-0.3, -0.25) is 9.59 Å².